The lowest BCUT2D eigenvalue weighted by Gasteiger charge is -2.21. The average Bonchev–Trinajstić information content (AvgIpc) is 2.04. The monoisotopic (exact) mass is 184 g/mol. The fourth-order valence-corrected chi connectivity index (χ4v) is 1.17. The van der Waals surface area contributed by atoms with E-state index in [-0.39, 0.29) is 6.42 Å². The first kappa shape index (κ1) is 11.9. The number of hydrogen-bond acceptors (Lipinski definition) is 3. The summed E-state index contributed by atoms with van der Waals surface area (Å²) in [5, 5.41) is 20.3. The Morgan fingerprint density at radius 2 is 2.31 bits per heavy atom. The summed E-state index contributed by atoms with van der Waals surface area (Å²) in [6.45, 7) is 4.43. The molecule has 0 fully saturated rings. The van der Waals surface area contributed by atoms with Gasteiger partial charge in [-0.05, 0) is 26.3 Å². The second kappa shape index (κ2) is 5.55. The summed E-state index contributed by atoms with van der Waals surface area (Å²) in [4.78, 5) is 10.2. The molecule has 0 saturated carbocycles. The Kier molecular flexibility index (Phi) is 5.09. The van der Waals surface area contributed by atoms with E-state index in [0.29, 0.717) is 12.8 Å². The molecule has 0 aliphatic heterocycles. The molecule has 1 atom stereocenters. The maximum absolute atomic E-state index is 10.2. The molecule has 0 rings (SSSR count). The zero-order valence-corrected chi connectivity index (χ0v) is 8.13. The number of rotatable bonds is 6. The summed E-state index contributed by atoms with van der Waals surface area (Å²) in [6.07, 6.45) is 1.23. The molecule has 0 amide bonds. The van der Waals surface area contributed by atoms with Gasteiger partial charge in [0.2, 0.25) is 0 Å². The van der Waals surface area contributed by atoms with E-state index in [4.69, 9.17) is 10.4 Å². The average molecular weight is 184 g/mol. The molecular formula is C9H16N2O2. The third-order valence-electron chi connectivity index (χ3n) is 1.88. The van der Waals surface area contributed by atoms with Crippen molar-refractivity contribution in [2.24, 2.45) is 0 Å². The van der Waals surface area contributed by atoms with Crippen LogP contribution in [0.4, 0.5) is 0 Å². The molecule has 0 aliphatic carbocycles. The minimum atomic E-state index is -0.809. The van der Waals surface area contributed by atoms with Gasteiger partial charge in [-0.25, -0.2) is 0 Å². The first-order chi connectivity index (χ1) is 6.04. The highest BCUT2D eigenvalue weighted by Gasteiger charge is 2.21. The van der Waals surface area contributed by atoms with Crippen LogP contribution < -0.4 is 5.32 Å². The smallest absolute Gasteiger partial charge is 0.303 e. The molecule has 74 valence electrons. The summed E-state index contributed by atoms with van der Waals surface area (Å²) in [5.41, 5.74) is -0.579. The Balaban J connectivity index is 3.85. The van der Waals surface area contributed by atoms with Crippen molar-refractivity contribution < 1.29 is 9.90 Å². The molecule has 4 heteroatoms. The molecule has 0 aliphatic rings. The van der Waals surface area contributed by atoms with Gasteiger partial charge in [-0.2, -0.15) is 5.26 Å². The summed E-state index contributed by atoms with van der Waals surface area (Å²) in [7, 11) is 0. The molecule has 0 heterocycles. The quantitative estimate of drug-likeness (QED) is 0.649. The second-order valence-corrected chi connectivity index (χ2v) is 3.22. The molecule has 4 nitrogen and oxygen atoms in total. The van der Waals surface area contributed by atoms with Crippen LogP contribution in [0, 0.1) is 11.3 Å². The lowest BCUT2D eigenvalue weighted by atomic mass is 9.96. The van der Waals surface area contributed by atoms with E-state index in [1.54, 1.807) is 6.92 Å². The van der Waals surface area contributed by atoms with Crippen molar-refractivity contribution in [3.8, 4) is 6.07 Å². The van der Waals surface area contributed by atoms with E-state index in [9.17, 15) is 4.79 Å². The number of hydrogen-bond donors (Lipinski definition) is 2. The number of aliphatic carboxylic acids is 1. The molecule has 0 aromatic rings. The van der Waals surface area contributed by atoms with Crippen molar-refractivity contribution >= 4 is 5.97 Å². The molecule has 0 saturated heterocycles. The van der Waals surface area contributed by atoms with E-state index in [2.05, 4.69) is 11.4 Å². The van der Waals surface area contributed by atoms with Crippen molar-refractivity contribution in [2.45, 2.75) is 38.6 Å². The van der Waals surface area contributed by atoms with Crippen LogP contribution in [0.2, 0.25) is 0 Å². The van der Waals surface area contributed by atoms with Gasteiger partial charge in [-0.3, -0.25) is 10.1 Å². The minimum absolute atomic E-state index is 0.128. The van der Waals surface area contributed by atoms with Gasteiger partial charge in [0.1, 0.15) is 5.54 Å². The Morgan fingerprint density at radius 3 is 2.69 bits per heavy atom. The van der Waals surface area contributed by atoms with Crippen LogP contribution in [0.1, 0.15) is 33.1 Å². The van der Waals surface area contributed by atoms with Gasteiger partial charge in [-0.15, -0.1) is 0 Å². The predicted molar refractivity (Wildman–Crippen MR) is 49.2 cm³/mol. The number of nitrogens with zero attached hydrogens (tertiary/aromatic N) is 1. The summed E-state index contributed by atoms with van der Waals surface area (Å²) in [6, 6.07) is 2.15. The van der Waals surface area contributed by atoms with E-state index >= 15 is 0 Å². The van der Waals surface area contributed by atoms with Gasteiger partial charge < -0.3 is 5.11 Å². The van der Waals surface area contributed by atoms with Gasteiger partial charge in [0.05, 0.1) is 6.07 Å². The van der Waals surface area contributed by atoms with Crippen LogP contribution in [-0.4, -0.2) is 23.2 Å². The highest BCUT2D eigenvalue weighted by Crippen LogP contribution is 2.12. The molecule has 0 bridgehead atoms. The number of nitriles is 1. The van der Waals surface area contributed by atoms with Crippen LogP contribution in [0.5, 0.6) is 0 Å². The highest BCUT2D eigenvalue weighted by atomic mass is 16.4. The Bertz CT molecular complexity index is 210. The summed E-state index contributed by atoms with van der Waals surface area (Å²) in [5.74, 6) is -0.809. The van der Waals surface area contributed by atoms with Crippen molar-refractivity contribution in [1.82, 2.24) is 5.32 Å². The lowest BCUT2D eigenvalue weighted by molar-refractivity contribution is -0.137. The number of carboxylic acids is 1. The summed E-state index contributed by atoms with van der Waals surface area (Å²) >= 11 is 0. The number of carbonyl (C=O) groups is 1. The first-order valence-electron chi connectivity index (χ1n) is 4.42. The van der Waals surface area contributed by atoms with Crippen LogP contribution in [0.25, 0.3) is 0 Å². The largest absolute Gasteiger partial charge is 0.481 e. The van der Waals surface area contributed by atoms with Crippen molar-refractivity contribution in [2.75, 3.05) is 6.54 Å². The topological polar surface area (TPSA) is 73.1 Å². The molecule has 0 spiro atoms. The van der Waals surface area contributed by atoms with Crippen LogP contribution in [0.15, 0.2) is 0 Å². The molecule has 1 unspecified atom stereocenters. The van der Waals surface area contributed by atoms with E-state index in [0.717, 1.165) is 6.54 Å². The fraction of sp³-hybridized carbons (Fsp3) is 0.778. The molecule has 0 aromatic heterocycles. The minimum Gasteiger partial charge on any atom is -0.481 e. The Labute approximate surface area is 78.6 Å². The number of nitrogens with one attached hydrogen (secondary N) is 1. The van der Waals surface area contributed by atoms with Crippen molar-refractivity contribution in [3.63, 3.8) is 0 Å². The van der Waals surface area contributed by atoms with E-state index in [1.807, 2.05) is 6.92 Å². The van der Waals surface area contributed by atoms with Crippen molar-refractivity contribution in [3.05, 3.63) is 0 Å². The normalized spacial score (nSPS) is 14.5. The maximum Gasteiger partial charge on any atom is 0.303 e. The Hall–Kier alpha value is -1.08. The molecule has 0 radical (unpaired) electrons. The third-order valence-corrected chi connectivity index (χ3v) is 1.88. The maximum atomic E-state index is 10.2. The molecule has 2 N–H and O–H groups in total. The lowest BCUT2D eigenvalue weighted by Crippen LogP contribution is -2.40. The van der Waals surface area contributed by atoms with Crippen LogP contribution in [-0.2, 0) is 4.79 Å². The number of carboxylic acid groups (broad SMARTS) is 1. The molecular weight excluding hydrogens is 168 g/mol. The first-order valence-corrected chi connectivity index (χ1v) is 4.42. The standard InChI is InChI=1S/C9H16N2O2/c1-3-11-9(2,7-10)6-4-5-8(12)13/h11H,3-6H2,1-2H3,(H,12,13). The van der Waals surface area contributed by atoms with Crippen molar-refractivity contribution in [1.29, 1.82) is 5.26 Å². The van der Waals surface area contributed by atoms with Gasteiger partial charge in [0.25, 0.3) is 0 Å². The fourth-order valence-electron chi connectivity index (χ4n) is 1.17. The van der Waals surface area contributed by atoms with E-state index < -0.39 is 11.5 Å². The SMILES string of the molecule is CCNC(C)(C#N)CCCC(=O)O. The van der Waals surface area contributed by atoms with Gasteiger partial charge in [-0.1, -0.05) is 6.92 Å². The van der Waals surface area contributed by atoms with Crippen LogP contribution in [0.3, 0.4) is 0 Å². The zero-order chi connectivity index (χ0) is 10.3. The van der Waals surface area contributed by atoms with E-state index in [1.165, 1.54) is 0 Å². The Morgan fingerprint density at radius 1 is 1.69 bits per heavy atom. The van der Waals surface area contributed by atoms with Gasteiger partial charge in [0, 0.05) is 6.42 Å². The van der Waals surface area contributed by atoms with Gasteiger partial charge in [0.15, 0.2) is 0 Å². The third kappa shape index (κ3) is 5.21. The highest BCUT2D eigenvalue weighted by molar-refractivity contribution is 5.66. The zero-order valence-electron chi connectivity index (χ0n) is 8.13. The predicted octanol–water partition coefficient (Wildman–Crippen LogP) is 1.13. The molecule has 13 heavy (non-hydrogen) atoms. The van der Waals surface area contributed by atoms with Crippen LogP contribution >= 0.6 is 0 Å². The van der Waals surface area contributed by atoms with Gasteiger partial charge >= 0.3 is 5.97 Å². The molecule has 0 aromatic carbocycles. The summed E-state index contributed by atoms with van der Waals surface area (Å²) < 4.78 is 0. The second-order valence-electron chi connectivity index (χ2n) is 3.22.